The van der Waals surface area contributed by atoms with Crippen molar-refractivity contribution >= 4 is 5.91 Å². The zero-order valence-electron chi connectivity index (χ0n) is 13.7. The van der Waals surface area contributed by atoms with Crippen LogP contribution in [0.2, 0.25) is 0 Å². The van der Waals surface area contributed by atoms with Crippen LogP contribution in [0.1, 0.15) is 71.1 Å². The second kappa shape index (κ2) is 11.0. The number of amides is 1. The van der Waals surface area contributed by atoms with Crippen LogP contribution in [0.4, 0.5) is 0 Å². The van der Waals surface area contributed by atoms with Crippen molar-refractivity contribution in [1.82, 2.24) is 4.90 Å². The second-order valence-corrected chi connectivity index (χ2v) is 6.44. The largest absolute Gasteiger partial charge is 0.396 e. The van der Waals surface area contributed by atoms with Crippen molar-refractivity contribution in [3.05, 3.63) is 0 Å². The first-order valence-corrected chi connectivity index (χ1v) is 8.84. The summed E-state index contributed by atoms with van der Waals surface area (Å²) < 4.78 is 0. The lowest BCUT2D eigenvalue weighted by Gasteiger charge is -2.33. The minimum Gasteiger partial charge on any atom is -0.396 e. The molecule has 4 heteroatoms. The van der Waals surface area contributed by atoms with Crippen molar-refractivity contribution in [3.63, 3.8) is 0 Å². The second-order valence-electron chi connectivity index (χ2n) is 6.44. The number of hydrogen-bond donors (Lipinski definition) is 2. The van der Waals surface area contributed by atoms with Crippen molar-refractivity contribution in [3.8, 4) is 0 Å². The van der Waals surface area contributed by atoms with Crippen LogP contribution in [0, 0.1) is 5.92 Å². The molecule has 0 radical (unpaired) electrons. The molecule has 1 unspecified atom stereocenters. The van der Waals surface area contributed by atoms with Gasteiger partial charge in [-0.3, -0.25) is 4.79 Å². The third-order valence-corrected chi connectivity index (χ3v) is 4.63. The van der Waals surface area contributed by atoms with E-state index >= 15 is 0 Å². The van der Waals surface area contributed by atoms with Crippen LogP contribution in [-0.4, -0.2) is 41.7 Å². The molecular weight excluding hydrogens is 264 g/mol. The van der Waals surface area contributed by atoms with Gasteiger partial charge >= 0.3 is 0 Å². The Balaban J connectivity index is 2.17. The fourth-order valence-corrected chi connectivity index (χ4v) is 3.14. The van der Waals surface area contributed by atoms with Gasteiger partial charge in [0.2, 0.25) is 5.91 Å². The summed E-state index contributed by atoms with van der Waals surface area (Å²) in [5.41, 5.74) is 5.96. The van der Waals surface area contributed by atoms with Crippen LogP contribution in [-0.2, 0) is 4.79 Å². The van der Waals surface area contributed by atoms with E-state index in [4.69, 9.17) is 10.8 Å². The van der Waals surface area contributed by atoms with E-state index in [0.717, 1.165) is 44.7 Å². The lowest BCUT2D eigenvalue weighted by molar-refractivity contribution is -0.134. The first kappa shape index (κ1) is 18.4. The van der Waals surface area contributed by atoms with E-state index < -0.39 is 0 Å². The van der Waals surface area contributed by atoms with Gasteiger partial charge < -0.3 is 15.7 Å². The number of rotatable bonds is 10. The lowest BCUT2D eigenvalue weighted by Crippen LogP contribution is -2.47. The topological polar surface area (TPSA) is 66.6 Å². The Hall–Kier alpha value is -0.610. The summed E-state index contributed by atoms with van der Waals surface area (Å²) in [6, 6.07) is -0.377. The van der Waals surface area contributed by atoms with E-state index in [9.17, 15) is 4.79 Å². The van der Waals surface area contributed by atoms with Gasteiger partial charge in [-0.15, -0.1) is 0 Å². The van der Waals surface area contributed by atoms with Gasteiger partial charge in [0.1, 0.15) is 0 Å². The first-order chi connectivity index (χ1) is 10.2. The molecule has 0 aromatic carbocycles. The zero-order valence-corrected chi connectivity index (χ0v) is 13.7. The number of nitrogens with zero attached hydrogens (tertiary/aromatic N) is 1. The highest BCUT2D eigenvalue weighted by Crippen LogP contribution is 2.23. The number of nitrogens with two attached hydrogens (primary N) is 1. The number of aliphatic hydroxyl groups excluding tert-OH is 1. The van der Waals surface area contributed by atoms with Crippen molar-refractivity contribution in [1.29, 1.82) is 0 Å². The molecular formula is C17H34N2O2. The van der Waals surface area contributed by atoms with Crippen molar-refractivity contribution in [2.45, 2.75) is 77.2 Å². The molecule has 1 saturated heterocycles. The van der Waals surface area contributed by atoms with E-state index in [1.54, 1.807) is 0 Å². The predicted octanol–water partition coefficient (Wildman–Crippen LogP) is 2.69. The third kappa shape index (κ3) is 7.28. The predicted molar refractivity (Wildman–Crippen MR) is 87.0 cm³/mol. The van der Waals surface area contributed by atoms with Gasteiger partial charge in [-0.2, -0.15) is 0 Å². The fraction of sp³-hybridized carbons (Fsp3) is 0.941. The molecule has 0 aromatic rings. The Morgan fingerprint density at radius 1 is 1.19 bits per heavy atom. The average Bonchev–Trinajstić information content (AvgIpc) is 2.51. The fourth-order valence-electron chi connectivity index (χ4n) is 3.14. The lowest BCUT2D eigenvalue weighted by atomic mass is 9.90. The van der Waals surface area contributed by atoms with Gasteiger partial charge in [0.25, 0.3) is 0 Å². The summed E-state index contributed by atoms with van der Waals surface area (Å²) in [6.07, 6.45) is 11.2. The van der Waals surface area contributed by atoms with Crippen LogP contribution in [0.15, 0.2) is 0 Å². The van der Waals surface area contributed by atoms with Gasteiger partial charge in [-0.1, -0.05) is 39.0 Å². The Bertz CT molecular complexity index is 276. The highest BCUT2D eigenvalue weighted by Gasteiger charge is 2.25. The van der Waals surface area contributed by atoms with Gasteiger partial charge in [-0.05, 0) is 38.0 Å². The quantitative estimate of drug-likeness (QED) is 0.609. The first-order valence-electron chi connectivity index (χ1n) is 8.84. The molecule has 21 heavy (non-hydrogen) atoms. The number of piperidine rings is 1. The van der Waals surface area contributed by atoms with Crippen LogP contribution >= 0.6 is 0 Å². The normalized spacial score (nSPS) is 18.0. The number of hydrogen-bond acceptors (Lipinski definition) is 3. The summed E-state index contributed by atoms with van der Waals surface area (Å²) in [5.74, 6) is 0.911. The number of carbonyl (C=O) groups is 1. The van der Waals surface area contributed by atoms with Crippen molar-refractivity contribution < 1.29 is 9.90 Å². The molecule has 0 bridgehead atoms. The molecule has 1 rings (SSSR count). The molecule has 3 N–H and O–H groups in total. The average molecular weight is 298 g/mol. The van der Waals surface area contributed by atoms with E-state index in [1.165, 1.54) is 32.1 Å². The summed E-state index contributed by atoms with van der Waals surface area (Å²) in [7, 11) is 0. The molecule has 124 valence electrons. The Morgan fingerprint density at radius 3 is 2.52 bits per heavy atom. The van der Waals surface area contributed by atoms with Gasteiger partial charge in [0, 0.05) is 19.7 Å². The SMILES string of the molecule is CCCCCCC1CCN(C(=O)C(N)CCCCO)CC1. The van der Waals surface area contributed by atoms with Gasteiger partial charge in [-0.25, -0.2) is 0 Å². The molecule has 1 amide bonds. The van der Waals surface area contributed by atoms with Gasteiger partial charge in [0.15, 0.2) is 0 Å². The smallest absolute Gasteiger partial charge is 0.239 e. The minimum absolute atomic E-state index is 0.109. The number of unbranched alkanes of at least 4 members (excludes halogenated alkanes) is 4. The maximum atomic E-state index is 12.2. The molecule has 0 saturated carbocycles. The molecule has 1 aliphatic rings. The molecule has 0 spiro atoms. The Labute approximate surface area is 130 Å². The standard InChI is InChI=1S/C17H34N2O2/c1-2-3-4-5-8-15-10-12-19(13-11-15)17(21)16(18)9-6-7-14-20/h15-16,20H,2-14,18H2,1H3. The highest BCUT2D eigenvalue weighted by molar-refractivity contribution is 5.81. The van der Waals surface area contributed by atoms with Crippen LogP contribution in [0.3, 0.4) is 0 Å². The van der Waals surface area contributed by atoms with Crippen molar-refractivity contribution in [2.75, 3.05) is 19.7 Å². The highest BCUT2D eigenvalue weighted by atomic mass is 16.2. The monoisotopic (exact) mass is 298 g/mol. The van der Waals surface area contributed by atoms with Crippen molar-refractivity contribution in [2.24, 2.45) is 11.7 Å². The van der Waals surface area contributed by atoms with Gasteiger partial charge in [0.05, 0.1) is 6.04 Å². The number of carbonyl (C=O) groups excluding carboxylic acids is 1. The van der Waals surface area contributed by atoms with E-state index in [1.807, 2.05) is 4.90 Å². The zero-order chi connectivity index (χ0) is 15.5. The Morgan fingerprint density at radius 2 is 1.90 bits per heavy atom. The maximum Gasteiger partial charge on any atom is 0.239 e. The molecule has 1 atom stereocenters. The molecule has 4 nitrogen and oxygen atoms in total. The van der Waals surface area contributed by atoms with Crippen LogP contribution < -0.4 is 5.73 Å². The number of aliphatic hydroxyl groups is 1. The summed E-state index contributed by atoms with van der Waals surface area (Å²) in [4.78, 5) is 14.2. The van der Waals surface area contributed by atoms with Crippen LogP contribution in [0.5, 0.6) is 0 Å². The summed E-state index contributed by atoms with van der Waals surface area (Å²) >= 11 is 0. The Kier molecular flexibility index (Phi) is 9.68. The molecule has 0 aromatic heterocycles. The third-order valence-electron chi connectivity index (χ3n) is 4.63. The molecule has 1 aliphatic heterocycles. The number of likely N-dealkylation sites (tertiary alicyclic amines) is 1. The minimum atomic E-state index is -0.377. The molecule has 1 heterocycles. The molecule has 0 aliphatic carbocycles. The summed E-state index contributed by atoms with van der Waals surface area (Å²) in [6.45, 7) is 4.19. The van der Waals surface area contributed by atoms with E-state index in [2.05, 4.69) is 6.92 Å². The van der Waals surface area contributed by atoms with Crippen LogP contribution in [0.25, 0.3) is 0 Å². The van der Waals surface area contributed by atoms with E-state index in [0.29, 0.717) is 6.42 Å². The summed E-state index contributed by atoms with van der Waals surface area (Å²) in [5, 5.41) is 8.76. The maximum absolute atomic E-state index is 12.2. The van der Waals surface area contributed by atoms with E-state index in [-0.39, 0.29) is 18.6 Å². The molecule has 1 fully saturated rings.